The quantitative estimate of drug-likeness (QED) is 0.121. The van der Waals surface area contributed by atoms with E-state index in [0.717, 1.165) is 24.3 Å². The number of nitriles is 2. The first-order valence-electron chi connectivity index (χ1n) is 11.9. The van der Waals surface area contributed by atoms with Crippen molar-refractivity contribution in [3.05, 3.63) is 129 Å². The summed E-state index contributed by atoms with van der Waals surface area (Å²) in [5.41, 5.74) is -0.470. The van der Waals surface area contributed by atoms with Crippen LogP contribution in [0.5, 0.6) is 0 Å². The van der Waals surface area contributed by atoms with Crippen LogP contribution in [0.4, 0.5) is 32.0 Å². The molecular weight excluding hydrogens is 554 g/mol. The molecule has 0 radical (unpaired) electrons. The van der Waals surface area contributed by atoms with Crippen molar-refractivity contribution in [1.29, 1.82) is 10.5 Å². The number of benzene rings is 4. The van der Waals surface area contributed by atoms with E-state index in [-0.39, 0.29) is 22.4 Å². The minimum atomic E-state index is -4.77. The molecule has 0 bridgehead atoms. The van der Waals surface area contributed by atoms with Crippen LogP contribution in [0.2, 0.25) is 0 Å². The molecule has 1 aliphatic carbocycles. The third-order valence-corrected chi connectivity index (χ3v) is 6.86. The zero-order chi connectivity index (χ0) is 30.4. The van der Waals surface area contributed by atoms with Crippen LogP contribution in [-0.2, 0) is 12.4 Å². The monoisotopic (exact) mass is 566 g/mol. The molecule has 10 heteroatoms. The zero-order valence-corrected chi connectivity index (χ0v) is 21.0. The van der Waals surface area contributed by atoms with Crippen LogP contribution in [-0.4, -0.2) is 0 Å². The summed E-state index contributed by atoms with van der Waals surface area (Å²) in [6.07, 6.45) is -9.54. The molecule has 1 aliphatic rings. The Hall–Kier alpha value is -5.84. The Labute approximate surface area is 235 Å². The smallest absolute Gasteiger partial charge is 0.238 e. The van der Waals surface area contributed by atoms with Gasteiger partial charge in [0.05, 0.1) is 42.0 Å². The van der Waals surface area contributed by atoms with Crippen molar-refractivity contribution in [3.8, 4) is 45.5 Å². The van der Waals surface area contributed by atoms with Gasteiger partial charge in [0.1, 0.15) is 0 Å². The molecule has 0 saturated heterocycles. The summed E-state index contributed by atoms with van der Waals surface area (Å²) in [6, 6.07) is 19.5. The van der Waals surface area contributed by atoms with Gasteiger partial charge in [-0.05, 0) is 68.8 Å². The predicted molar refractivity (Wildman–Crippen MR) is 142 cm³/mol. The van der Waals surface area contributed by atoms with Crippen LogP contribution < -0.4 is 0 Å². The van der Waals surface area contributed by atoms with Crippen LogP contribution in [0.25, 0.3) is 48.6 Å². The highest BCUT2D eigenvalue weighted by Crippen LogP contribution is 2.49. The summed E-state index contributed by atoms with van der Waals surface area (Å²) in [5.74, 6) is 0. The number of fused-ring (bicyclic) bond motifs is 3. The minimum absolute atomic E-state index is 0.154. The molecule has 0 amide bonds. The van der Waals surface area contributed by atoms with E-state index in [9.17, 15) is 31.6 Å². The first-order chi connectivity index (χ1) is 19.9. The lowest BCUT2D eigenvalue weighted by Crippen LogP contribution is -2.08. The van der Waals surface area contributed by atoms with Crippen molar-refractivity contribution in [3.63, 3.8) is 0 Å². The van der Waals surface area contributed by atoms with Gasteiger partial charge in [-0.15, -0.1) is 0 Å². The average Bonchev–Trinajstić information content (AvgIpc) is 3.29. The normalized spacial score (nSPS) is 13.2. The van der Waals surface area contributed by atoms with Crippen LogP contribution in [0.3, 0.4) is 0 Å². The van der Waals surface area contributed by atoms with E-state index in [0.29, 0.717) is 33.4 Å². The third-order valence-electron chi connectivity index (χ3n) is 6.86. The fraction of sp³-hybridized carbons (Fsp3) is 0.0625. The van der Waals surface area contributed by atoms with Crippen LogP contribution in [0.1, 0.15) is 27.8 Å². The molecule has 0 spiro atoms. The first kappa shape index (κ1) is 27.7. The first-order valence-corrected chi connectivity index (χ1v) is 11.9. The highest BCUT2D eigenvalue weighted by atomic mass is 19.4. The van der Waals surface area contributed by atoms with Gasteiger partial charge in [-0.2, -0.15) is 31.6 Å². The van der Waals surface area contributed by atoms with Crippen molar-refractivity contribution >= 4 is 11.3 Å². The van der Waals surface area contributed by atoms with E-state index in [1.807, 2.05) is 6.07 Å². The number of nitrogens with zero attached hydrogens (tertiary/aromatic N) is 4. The summed E-state index contributed by atoms with van der Waals surface area (Å²) >= 11 is 0. The molecule has 0 fully saturated rings. The topological polar surface area (TPSA) is 56.3 Å². The Bertz CT molecular complexity index is 1860. The molecule has 42 heavy (non-hydrogen) atoms. The lowest BCUT2D eigenvalue weighted by atomic mass is 9.94. The summed E-state index contributed by atoms with van der Waals surface area (Å²) in [5, 5.41) is 18.9. The SMILES string of the molecule is [C-]#[N+]C(C#N)=C1c2cc(-c3ccc(C#N)c(C(F)(F)F)c3)ccc2-c2ccc(-c3ccc([N+]#[C-])c(C(F)(F)F)c3)cc21. The molecule has 0 atom stereocenters. The van der Waals surface area contributed by atoms with Gasteiger partial charge < -0.3 is 0 Å². The molecule has 0 aromatic heterocycles. The zero-order valence-electron chi connectivity index (χ0n) is 21.0. The maximum absolute atomic E-state index is 13.6. The Balaban J connectivity index is 1.69. The van der Waals surface area contributed by atoms with Crippen LogP contribution >= 0.6 is 0 Å². The molecule has 0 saturated carbocycles. The van der Waals surface area contributed by atoms with Gasteiger partial charge in [-0.3, -0.25) is 0 Å². The third kappa shape index (κ3) is 4.62. The Morgan fingerprint density at radius 1 is 0.619 bits per heavy atom. The molecule has 0 heterocycles. The predicted octanol–water partition coefficient (Wildman–Crippen LogP) is 9.66. The molecular formula is C32H12F6N4. The Morgan fingerprint density at radius 3 is 1.55 bits per heavy atom. The molecule has 0 unspecified atom stereocenters. The summed E-state index contributed by atoms with van der Waals surface area (Å²) in [7, 11) is 0. The highest BCUT2D eigenvalue weighted by Gasteiger charge is 2.35. The lowest BCUT2D eigenvalue weighted by Gasteiger charge is -2.12. The second-order valence-corrected chi connectivity index (χ2v) is 9.18. The molecule has 0 N–H and O–H groups in total. The van der Waals surface area contributed by atoms with Crippen molar-refractivity contribution in [2.45, 2.75) is 12.4 Å². The van der Waals surface area contributed by atoms with E-state index in [2.05, 4.69) is 9.69 Å². The summed E-state index contributed by atoms with van der Waals surface area (Å²) < 4.78 is 81.6. The van der Waals surface area contributed by atoms with Crippen molar-refractivity contribution in [1.82, 2.24) is 0 Å². The molecule has 202 valence electrons. The van der Waals surface area contributed by atoms with Crippen LogP contribution in [0, 0.1) is 35.8 Å². The van der Waals surface area contributed by atoms with Gasteiger partial charge in [0.15, 0.2) is 5.69 Å². The number of rotatable bonds is 2. The fourth-order valence-electron chi connectivity index (χ4n) is 4.96. The van der Waals surface area contributed by atoms with E-state index in [1.165, 1.54) is 18.2 Å². The second kappa shape index (κ2) is 9.97. The fourth-order valence-corrected chi connectivity index (χ4v) is 4.96. The van der Waals surface area contributed by atoms with Gasteiger partial charge >= 0.3 is 12.4 Å². The number of halogens is 6. The van der Waals surface area contributed by atoms with Crippen molar-refractivity contribution in [2.24, 2.45) is 0 Å². The van der Waals surface area contributed by atoms with E-state index >= 15 is 0 Å². The highest BCUT2D eigenvalue weighted by molar-refractivity contribution is 6.05. The number of allylic oxidation sites excluding steroid dienone is 1. The Kier molecular flexibility index (Phi) is 6.58. The molecule has 4 aromatic rings. The van der Waals surface area contributed by atoms with E-state index in [1.54, 1.807) is 36.4 Å². The average molecular weight is 566 g/mol. The number of hydrogen-bond donors (Lipinski definition) is 0. The number of alkyl halides is 6. The Morgan fingerprint density at radius 2 is 1.10 bits per heavy atom. The summed E-state index contributed by atoms with van der Waals surface area (Å²) in [6.45, 7) is 14.6. The van der Waals surface area contributed by atoms with E-state index in [4.69, 9.17) is 18.4 Å². The minimum Gasteiger partial charge on any atom is -0.238 e. The molecule has 5 rings (SSSR count). The largest absolute Gasteiger partial charge is 0.417 e. The van der Waals surface area contributed by atoms with Gasteiger partial charge in [-0.1, -0.05) is 48.5 Å². The van der Waals surface area contributed by atoms with Crippen LogP contribution in [0.15, 0.2) is 78.5 Å². The maximum Gasteiger partial charge on any atom is 0.417 e. The summed E-state index contributed by atoms with van der Waals surface area (Å²) in [4.78, 5) is 6.28. The van der Waals surface area contributed by atoms with E-state index < -0.39 is 34.7 Å². The van der Waals surface area contributed by atoms with Gasteiger partial charge in [0, 0.05) is 5.57 Å². The molecule has 4 nitrogen and oxygen atoms in total. The molecule has 0 aliphatic heterocycles. The maximum atomic E-state index is 13.6. The second-order valence-electron chi connectivity index (χ2n) is 9.18. The van der Waals surface area contributed by atoms with Crippen molar-refractivity contribution < 1.29 is 26.3 Å². The van der Waals surface area contributed by atoms with Gasteiger partial charge in [0.2, 0.25) is 0 Å². The number of hydrogen-bond acceptors (Lipinski definition) is 2. The van der Waals surface area contributed by atoms with Crippen molar-refractivity contribution in [2.75, 3.05) is 0 Å². The molecule has 4 aromatic carbocycles. The standard InChI is InChI=1S/C32H12F6N4/c1-41-28-10-7-20(14-27(28)32(36,37)38)18-6-9-23-22-8-5-17(11-24(22)30(25(23)12-18)29(16-40)42-2)19-3-4-21(15-39)26(13-19)31(33,34)35/h3-14H. The lowest BCUT2D eigenvalue weighted by molar-refractivity contribution is -0.138. The van der Waals surface area contributed by atoms with Gasteiger partial charge in [0.25, 0.3) is 5.70 Å². The van der Waals surface area contributed by atoms with Gasteiger partial charge in [-0.25, -0.2) is 15.0 Å².